The number of carbonyl (C=O) groups is 1. The maximum Gasteiger partial charge on any atom is 0.271 e. The summed E-state index contributed by atoms with van der Waals surface area (Å²) in [4.78, 5) is 21.4. The van der Waals surface area contributed by atoms with E-state index >= 15 is 0 Å². The first kappa shape index (κ1) is 12.9. The number of carbonyl (C=O) groups excluding carboxylic acids is 1. The van der Waals surface area contributed by atoms with E-state index < -0.39 is 0 Å². The average Bonchev–Trinajstić information content (AvgIpc) is 3.07. The van der Waals surface area contributed by atoms with Crippen LogP contribution in [0.15, 0.2) is 12.3 Å². The predicted molar refractivity (Wildman–Crippen MR) is 74.5 cm³/mol. The summed E-state index contributed by atoms with van der Waals surface area (Å²) < 4.78 is 0. The van der Waals surface area contributed by atoms with Crippen LogP contribution in [0.3, 0.4) is 0 Å². The van der Waals surface area contributed by atoms with E-state index in [4.69, 9.17) is 0 Å². The van der Waals surface area contributed by atoms with Crippen molar-refractivity contribution in [2.75, 3.05) is 13.1 Å². The van der Waals surface area contributed by atoms with Gasteiger partial charge in [-0.15, -0.1) is 0 Å². The van der Waals surface area contributed by atoms with E-state index in [1.54, 1.807) is 6.20 Å². The van der Waals surface area contributed by atoms with E-state index in [-0.39, 0.29) is 5.91 Å². The molecule has 106 valence electrons. The van der Waals surface area contributed by atoms with Gasteiger partial charge in [-0.3, -0.25) is 9.89 Å². The summed E-state index contributed by atoms with van der Waals surface area (Å²) in [6.45, 7) is 5.37. The molecule has 1 aliphatic rings. The van der Waals surface area contributed by atoms with E-state index in [0.29, 0.717) is 11.6 Å². The van der Waals surface area contributed by atoms with Crippen LogP contribution in [0.1, 0.15) is 46.5 Å². The normalized spacial score (nSPS) is 19.3. The van der Waals surface area contributed by atoms with Crippen molar-refractivity contribution in [3.8, 4) is 0 Å². The Labute approximate surface area is 117 Å². The van der Waals surface area contributed by atoms with E-state index in [9.17, 15) is 4.79 Å². The molecule has 6 heteroatoms. The molecule has 0 saturated carbocycles. The molecular formula is C14H19N5O. The van der Waals surface area contributed by atoms with Crippen LogP contribution in [0.25, 0.3) is 0 Å². The highest BCUT2D eigenvalue weighted by Gasteiger charge is 2.27. The molecule has 1 atom stereocenters. The molecule has 0 aromatic carbocycles. The molecule has 1 amide bonds. The van der Waals surface area contributed by atoms with Crippen molar-refractivity contribution in [1.29, 1.82) is 0 Å². The monoisotopic (exact) mass is 273 g/mol. The number of amides is 1. The SMILES string of the molecule is Cc1cc(C2CCCN(C(=O)c3cnc(C)[nH]3)C2)n[nH]1. The van der Waals surface area contributed by atoms with Gasteiger partial charge in [-0.2, -0.15) is 5.10 Å². The lowest BCUT2D eigenvalue weighted by Crippen LogP contribution is -2.39. The molecule has 3 heterocycles. The van der Waals surface area contributed by atoms with Crippen LogP contribution in [0.2, 0.25) is 0 Å². The fraction of sp³-hybridized carbons (Fsp3) is 0.500. The smallest absolute Gasteiger partial charge is 0.271 e. The molecule has 2 N–H and O–H groups in total. The number of H-pyrrole nitrogens is 2. The maximum absolute atomic E-state index is 12.4. The number of aromatic amines is 2. The Balaban J connectivity index is 1.73. The van der Waals surface area contributed by atoms with Gasteiger partial charge in [0.2, 0.25) is 0 Å². The fourth-order valence-electron chi connectivity index (χ4n) is 2.75. The Morgan fingerprint density at radius 3 is 2.95 bits per heavy atom. The molecule has 2 aromatic heterocycles. The molecule has 20 heavy (non-hydrogen) atoms. The van der Waals surface area contributed by atoms with Crippen LogP contribution in [0.4, 0.5) is 0 Å². The number of rotatable bonds is 2. The lowest BCUT2D eigenvalue weighted by atomic mass is 9.94. The van der Waals surface area contributed by atoms with Crippen molar-refractivity contribution >= 4 is 5.91 Å². The Bertz CT molecular complexity index is 615. The molecule has 1 aliphatic heterocycles. The van der Waals surface area contributed by atoms with Gasteiger partial charge in [0.25, 0.3) is 5.91 Å². The lowest BCUT2D eigenvalue weighted by Gasteiger charge is -2.31. The van der Waals surface area contributed by atoms with E-state index in [1.807, 2.05) is 18.7 Å². The summed E-state index contributed by atoms with van der Waals surface area (Å²) in [5.74, 6) is 1.12. The second-order valence-corrected chi connectivity index (χ2v) is 5.45. The molecule has 0 spiro atoms. The van der Waals surface area contributed by atoms with Gasteiger partial charge in [-0.25, -0.2) is 4.98 Å². The van der Waals surface area contributed by atoms with Gasteiger partial charge in [0.1, 0.15) is 11.5 Å². The number of hydrogen-bond acceptors (Lipinski definition) is 3. The van der Waals surface area contributed by atoms with Gasteiger partial charge in [-0.05, 0) is 32.8 Å². The number of imidazole rings is 1. The van der Waals surface area contributed by atoms with Crippen LogP contribution in [-0.4, -0.2) is 44.1 Å². The predicted octanol–water partition coefficient (Wildman–Crippen LogP) is 1.77. The Kier molecular flexibility index (Phi) is 3.30. The molecule has 2 aromatic rings. The van der Waals surface area contributed by atoms with Crippen molar-refractivity contribution in [3.63, 3.8) is 0 Å². The third-order valence-corrected chi connectivity index (χ3v) is 3.79. The summed E-state index contributed by atoms with van der Waals surface area (Å²) in [6, 6.07) is 2.07. The van der Waals surface area contributed by atoms with E-state index in [0.717, 1.165) is 43.1 Å². The minimum atomic E-state index is 0.0301. The van der Waals surface area contributed by atoms with Gasteiger partial charge >= 0.3 is 0 Å². The highest BCUT2D eigenvalue weighted by molar-refractivity contribution is 5.92. The minimum Gasteiger partial charge on any atom is -0.338 e. The summed E-state index contributed by atoms with van der Waals surface area (Å²) >= 11 is 0. The number of aromatic nitrogens is 4. The summed E-state index contributed by atoms with van der Waals surface area (Å²) in [5, 5.41) is 7.30. The zero-order valence-electron chi connectivity index (χ0n) is 11.8. The molecule has 0 aliphatic carbocycles. The Morgan fingerprint density at radius 2 is 2.30 bits per heavy atom. The third kappa shape index (κ3) is 2.45. The standard InChI is InChI=1S/C14H19N5O/c1-9-6-12(18-17-9)11-4-3-5-19(8-11)14(20)13-7-15-10(2)16-13/h6-7,11H,3-5,8H2,1-2H3,(H,15,16)(H,17,18). The Morgan fingerprint density at radius 1 is 1.45 bits per heavy atom. The van der Waals surface area contributed by atoms with E-state index in [1.165, 1.54) is 0 Å². The van der Waals surface area contributed by atoms with Gasteiger partial charge in [0.15, 0.2) is 0 Å². The molecule has 1 fully saturated rings. The first-order valence-electron chi connectivity index (χ1n) is 6.96. The molecule has 1 saturated heterocycles. The number of piperidine rings is 1. The molecule has 1 unspecified atom stereocenters. The molecule has 6 nitrogen and oxygen atoms in total. The highest BCUT2D eigenvalue weighted by Crippen LogP contribution is 2.26. The van der Waals surface area contributed by atoms with Crippen molar-refractivity contribution in [3.05, 3.63) is 35.2 Å². The molecular weight excluding hydrogens is 254 g/mol. The van der Waals surface area contributed by atoms with Gasteiger partial charge in [0, 0.05) is 24.7 Å². The van der Waals surface area contributed by atoms with E-state index in [2.05, 4.69) is 26.2 Å². The number of nitrogens with one attached hydrogen (secondary N) is 2. The van der Waals surface area contributed by atoms with Gasteiger partial charge in [-0.1, -0.05) is 0 Å². The average molecular weight is 273 g/mol. The van der Waals surface area contributed by atoms with Crippen LogP contribution < -0.4 is 0 Å². The minimum absolute atomic E-state index is 0.0301. The van der Waals surface area contributed by atoms with Gasteiger partial charge < -0.3 is 9.88 Å². The quantitative estimate of drug-likeness (QED) is 0.875. The maximum atomic E-state index is 12.4. The third-order valence-electron chi connectivity index (χ3n) is 3.79. The second kappa shape index (κ2) is 5.11. The molecule has 0 bridgehead atoms. The van der Waals surface area contributed by atoms with Crippen LogP contribution in [0, 0.1) is 13.8 Å². The number of hydrogen-bond donors (Lipinski definition) is 2. The summed E-state index contributed by atoms with van der Waals surface area (Å²) in [5.41, 5.74) is 2.69. The molecule has 0 radical (unpaired) electrons. The van der Waals surface area contributed by atoms with Gasteiger partial charge in [0.05, 0.1) is 11.9 Å². The number of nitrogens with zero attached hydrogens (tertiary/aromatic N) is 3. The largest absolute Gasteiger partial charge is 0.338 e. The highest BCUT2D eigenvalue weighted by atomic mass is 16.2. The summed E-state index contributed by atoms with van der Waals surface area (Å²) in [6.07, 6.45) is 3.70. The van der Waals surface area contributed by atoms with Crippen molar-refractivity contribution < 1.29 is 4.79 Å². The van der Waals surface area contributed by atoms with Crippen LogP contribution >= 0.6 is 0 Å². The molecule has 3 rings (SSSR count). The number of likely N-dealkylation sites (tertiary alicyclic amines) is 1. The second-order valence-electron chi connectivity index (χ2n) is 5.45. The summed E-state index contributed by atoms with van der Waals surface area (Å²) in [7, 11) is 0. The van der Waals surface area contributed by atoms with Crippen LogP contribution in [0.5, 0.6) is 0 Å². The number of aryl methyl sites for hydroxylation is 2. The Hall–Kier alpha value is -2.11. The topological polar surface area (TPSA) is 77.7 Å². The first-order valence-corrected chi connectivity index (χ1v) is 6.96. The van der Waals surface area contributed by atoms with Crippen molar-refractivity contribution in [2.24, 2.45) is 0 Å². The fourth-order valence-corrected chi connectivity index (χ4v) is 2.75. The van der Waals surface area contributed by atoms with Crippen LogP contribution in [-0.2, 0) is 0 Å². The zero-order chi connectivity index (χ0) is 14.1. The lowest BCUT2D eigenvalue weighted by molar-refractivity contribution is 0.0700. The zero-order valence-corrected chi connectivity index (χ0v) is 11.8. The van der Waals surface area contributed by atoms with Crippen molar-refractivity contribution in [1.82, 2.24) is 25.1 Å². The van der Waals surface area contributed by atoms with Crippen molar-refractivity contribution in [2.45, 2.75) is 32.6 Å². The first-order chi connectivity index (χ1) is 9.63.